The molecule has 1 atom stereocenters. The van der Waals surface area contributed by atoms with Crippen LogP contribution in [-0.2, 0) is 29.5 Å². The molecule has 1 saturated heterocycles. The van der Waals surface area contributed by atoms with Gasteiger partial charge in [0.25, 0.3) is 0 Å². The molecule has 0 unspecified atom stereocenters. The van der Waals surface area contributed by atoms with E-state index in [1.165, 1.54) is 13.8 Å². The molecule has 1 aromatic heterocycles. The number of hydrogen-bond acceptors (Lipinski definition) is 8. The monoisotopic (exact) mass is 431 g/mol. The molecule has 0 radical (unpaired) electrons. The summed E-state index contributed by atoms with van der Waals surface area (Å²) >= 11 is 0. The molecule has 0 bridgehead atoms. The fourth-order valence-corrected chi connectivity index (χ4v) is 4.63. The van der Waals surface area contributed by atoms with Crippen molar-refractivity contribution in [1.29, 1.82) is 0 Å². The molecule has 1 fully saturated rings. The van der Waals surface area contributed by atoms with Gasteiger partial charge in [-0.2, -0.15) is 0 Å². The van der Waals surface area contributed by atoms with Gasteiger partial charge >= 0.3 is 0 Å². The summed E-state index contributed by atoms with van der Waals surface area (Å²) in [4.78, 5) is 12.7. The topological polar surface area (TPSA) is 120 Å². The Morgan fingerprint density at radius 3 is 2.69 bits per heavy atom. The van der Waals surface area contributed by atoms with Crippen molar-refractivity contribution in [2.24, 2.45) is 5.92 Å². The van der Waals surface area contributed by atoms with E-state index in [1.807, 2.05) is 13.8 Å². The zero-order valence-electron chi connectivity index (χ0n) is 17.9. The van der Waals surface area contributed by atoms with E-state index in [2.05, 4.69) is 15.8 Å². The Morgan fingerprint density at radius 2 is 2.07 bits per heavy atom. The lowest BCUT2D eigenvalue weighted by atomic mass is 9.90. The smallest absolute Gasteiger partial charge is 0.247 e. The van der Waals surface area contributed by atoms with Gasteiger partial charge in [-0.05, 0) is 39.3 Å². The van der Waals surface area contributed by atoms with Crippen molar-refractivity contribution in [1.82, 2.24) is 10.5 Å². The number of nitrogens with one attached hydrogen (secondary N) is 2. The third kappa shape index (κ3) is 6.00. The third-order valence-electron chi connectivity index (χ3n) is 5.28. The molecule has 29 heavy (non-hydrogen) atoms. The van der Waals surface area contributed by atoms with Gasteiger partial charge in [-0.3, -0.25) is 10.1 Å². The summed E-state index contributed by atoms with van der Waals surface area (Å²) in [7, 11) is -2.04. The second-order valence-corrected chi connectivity index (χ2v) is 11.2. The Bertz CT molecular complexity index is 782. The Hall–Kier alpha value is -1.49. The molecule has 0 spiro atoms. The number of methoxy groups -OCH3 is 1. The van der Waals surface area contributed by atoms with E-state index in [9.17, 15) is 13.2 Å². The molecule has 0 aromatic carbocycles. The van der Waals surface area contributed by atoms with E-state index in [1.54, 1.807) is 13.2 Å². The van der Waals surface area contributed by atoms with Crippen molar-refractivity contribution in [2.75, 3.05) is 51.1 Å². The van der Waals surface area contributed by atoms with Crippen LogP contribution in [0.5, 0.6) is 0 Å². The van der Waals surface area contributed by atoms with E-state index in [0.717, 1.165) is 13.0 Å². The molecule has 166 valence electrons. The van der Waals surface area contributed by atoms with E-state index in [4.69, 9.17) is 14.0 Å². The summed E-state index contributed by atoms with van der Waals surface area (Å²) in [5, 5.41) is 9.72. The van der Waals surface area contributed by atoms with Gasteiger partial charge in [0.1, 0.15) is 4.75 Å². The maximum Gasteiger partial charge on any atom is 0.247 e. The van der Waals surface area contributed by atoms with Gasteiger partial charge in [-0.1, -0.05) is 19.0 Å². The maximum atomic E-state index is 12.8. The number of aromatic nitrogens is 1. The van der Waals surface area contributed by atoms with Crippen molar-refractivity contribution < 1.29 is 27.2 Å². The van der Waals surface area contributed by atoms with Gasteiger partial charge in [-0.25, -0.2) is 8.42 Å². The zero-order valence-corrected chi connectivity index (χ0v) is 18.7. The van der Waals surface area contributed by atoms with Crippen LogP contribution in [0.4, 0.5) is 5.88 Å². The number of rotatable bonds is 11. The van der Waals surface area contributed by atoms with Crippen LogP contribution in [0.2, 0.25) is 0 Å². The van der Waals surface area contributed by atoms with Crippen LogP contribution >= 0.6 is 0 Å². The highest BCUT2D eigenvalue weighted by molar-refractivity contribution is 7.93. The minimum absolute atomic E-state index is 0.0199. The number of hydrogen-bond donors (Lipinski definition) is 2. The first kappa shape index (κ1) is 23.8. The fourth-order valence-electron chi connectivity index (χ4n) is 2.98. The average Bonchev–Trinajstić information content (AvgIpc) is 3.30. The molecular weight excluding hydrogens is 398 g/mol. The quantitative estimate of drug-likeness (QED) is 0.504. The average molecular weight is 432 g/mol. The molecule has 1 aliphatic rings. The molecule has 9 nitrogen and oxygen atoms in total. The summed E-state index contributed by atoms with van der Waals surface area (Å²) in [5.41, 5.74) is 0.153. The van der Waals surface area contributed by atoms with Gasteiger partial charge < -0.3 is 19.3 Å². The molecule has 2 N–H and O–H groups in total. The van der Waals surface area contributed by atoms with Gasteiger partial charge in [0.15, 0.2) is 9.84 Å². The molecule has 1 aliphatic heterocycles. The number of sulfone groups is 1. The van der Waals surface area contributed by atoms with Crippen molar-refractivity contribution in [2.45, 2.75) is 44.3 Å². The van der Waals surface area contributed by atoms with Crippen LogP contribution in [0.15, 0.2) is 10.6 Å². The summed E-state index contributed by atoms with van der Waals surface area (Å²) in [5.74, 6) is -0.516. The molecule has 2 rings (SSSR count). The Kier molecular flexibility index (Phi) is 7.83. The molecular formula is C19H33N3O6S. The van der Waals surface area contributed by atoms with Crippen molar-refractivity contribution >= 4 is 21.6 Å². The molecule has 10 heteroatoms. The first-order valence-electron chi connectivity index (χ1n) is 9.78. The lowest BCUT2D eigenvalue weighted by molar-refractivity contribution is -0.118. The van der Waals surface area contributed by atoms with Crippen LogP contribution in [0, 0.1) is 5.92 Å². The summed E-state index contributed by atoms with van der Waals surface area (Å²) in [6.07, 6.45) is 0.796. The molecule has 1 aromatic rings. The molecule has 2 heterocycles. The summed E-state index contributed by atoms with van der Waals surface area (Å²) in [6.45, 7) is 9.53. The fraction of sp³-hybridized carbons (Fsp3) is 0.789. The first-order chi connectivity index (χ1) is 13.5. The van der Waals surface area contributed by atoms with Gasteiger partial charge in [0, 0.05) is 18.6 Å². The SMILES string of the molecule is COCCOCC(C)(C)c1cc(NC(=O)C(C)(C)S(=O)(=O)C[C@H]2CCNC2)on1. The minimum Gasteiger partial charge on any atom is -0.382 e. The summed E-state index contributed by atoms with van der Waals surface area (Å²) < 4.78 is 39.8. The highest BCUT2D eigenvalue weighted by Gasteiger charge is 2.43. The third-order valence-corrected chi connectivity index (χ3v) is 7.93. The number of anilines is 1. The number of nitrogens with zero attached hydrogens (tertiary/aromatic N) is 1. The van der Waals surface area contributed by atoms with Crippen LogP contribution in [0.1, 0.15) is 39.8 Å². The normalized spacial score (nSPS) is 18.2. The second-order valence-electron chi connectivity index (χ2n) is 8.61. The lowest BCUT2D eigenvalue weighted by Gasteiger charge is -2.24. The lowest BCUT2D eigenvalue weighted by Crippen LogP contribution is -2.46. The van der Waals surface area contributed by atoms with Crippen molar-refractivity contribution in [3.8, 4) is 0 Å². The minimum atomic E-state index is -3.65. The van der Waals surface area contributed by atoms with E-state index >= 15 is 0 Å². The predicted octanol–water partition coefficient (Wildman–Crippen LogP) is 1.36. The molecule has 1 amide bonds. The Balaban J connectivity index is 2.01. The standard InChI is InChI=1S/C19H33N3O6S/c1-18(2,13-27-9-8-26-5)15-10-16(28-22-15)21-17(23)19(3,4)29(24,25)12-14-6-7-20-11-14/h10,14,20H,6-9,11-13H2,1-5H3,(H,21,23)/t14-/m0/s1. The first-order valence-corrected chi connectivity index (χ1v) is 11.4. The second kappa shape index (κ2) is 9.55. The highest BCUT2D eigenvalue weighted by atomic mass is 32.2. The van der Waals surface area contributed by atoms with E-state index < -0.39 is 25.9 Å². The van der Waals surface area contributed by atoms with Crippen molar-refractivity contribution in [3.63, 3.8) is 0 Å². The zero-order chi connectivity index (χ0) is 21.7. The largest absolute Gasteiger partial charge is 0.382 e. The van der Waals surface area contributed by atoms with Crippen LogP contribution in [-0.4, -0.2) is 70.0 Å². The van der Waals surface area contributed by atoms with Crippen molar-refractivity contribution in [3.05, 3.63) is 11.8 Å². The molecule has 0 aliphatic carbocycles. The Morgan fingerprint density at radius 1 is 1.34 bits per heavy atom. The number of carbonyl (C=O) groups is 1. The van der Waals surface area contributed by atoms with Gasteiger partial charge in [0.05, 0.1) is 31.3 Å². The van der Waals surface area contributed by atoms with Gasteiger partial charge in [0.2, 0.25) is 11.8 Å². The maximum absolute atomic E-state index is 12.8. The Labute approximate surface area is 172 Å². The van der Waals surface area contributed by atoms with Gasteiger partial charge in [-0.15, -0.1) is 0 Å². The highest BCUT2D eigenvalue weighted by Crippen LogP contribution is 2.27. The predicted molar refractivity (Wildman–Crippen MR) is 110 cm³/mol. The van der Waals surface area contributed by atoms with E-state index in [0.29, 0.717) is 32.1 Å². The molecule has 0 saturated carbocycles. The van der Waals surface area contributed by atoms with Crippen LogP contribution in [0.25, 0.3) is 0 Å². The number of ether oxygens (including phenoxy) is 2. The van der Waals surface area contributed by atoms with Crippen LogP contribution in [0.3, 0.4) is 0 Å². The number of amides is 1. The summed E-state index contributed by atoms with van der Waals surface area (Å²) in [6, 6.07) is 1.60. The number of carbonyl (C=O) groups excluding carboxylic acids is 1. The van der Waals surface area contributed by atoms with Crippen LogP contribution < -0.4 is 10.6 Å². The van der Waals surface area contributed by atoms with E-state index in [-0.39, 0.29) is 17.6 Å².